The second kappa shape index (κ2) is 5.97. The van der Waals surface area contributed by atoms with Gasteiger partial charge in [-0.2, -0.15) is 0 Å². The second-order valence-electron chi connectivity index (χ2n) is 10.2. The van der Waals surface area contributed by atoms with Gasteiger partial charge in [-0.15, -0.1) is 0 Å². The highest BCUT2D eigenvalue weighted by atomic mass is 16.6. The van der Waals surface area contributed by atoms with Crippen molar-refractivity contribution in [2.24, 2.45) is 10.8 Å². The topological polar surface area (TPSA) is 95.0 Å². The Kier molecular flexibility index (Phi) is 3.90. The summed E-state index contributed by atoms with van der Waals surface area (Å²) in [7, 11) is 0. The van der Waals surface area contributed by atoms with E-state index in [4.69, 9.17) is 14.2 Å². The molecule has 1 aromatic heterocycles. The standard InChI is InChI=1S/C24H27NO6/c1-21(2)18(17(26)15-14(30-21)9-8-13-7-6-12-25-16(13)15)29-20(28)24-11-10-23(5,19(27)31-24)22(24,3)4/h6-9,12,17-18,26H,10-11H2,1-5H3. The van der Waals surface area contributed by atoms with Crippen molar-refractivity contribution in [3.05, 3.63) is 36.0 Å². The van der Waals surface area contributed by atoms with Crippen molar-refractivity contribution in [3.8, 4) is 5.75 Å². The van der Waals surface area contributed by atoms with Crippen LogP contribution < -0.4 is 4.74 Å². The largest absolute Gasteiger partial charge is 0.483 e. The van der Waals surface area contributed by atoms with Crippen molar-refractivity contribution in [2.45, 2.75) is 70.9 Å². The second-order valence-corrected chi connectivity index (χ2v) is 10.2. The minimum absolute atomic E-state index is 0.374. The molecule has 1 saturated carbocycles. The quantitative estimate of drug-likeness (QED) is 0.736. The fourth-order valence-electron chi connectivity index (χ4n) is 5.52. The summed E-state index contributed by atoms with van der Waals surface area (Å²) in [6.07, 6.45) is 0.446. The van der Waals surface area contributed by atoms with Crippen molar-refractivity contribution in [1.82, 2.24) is 4.98 Å². The summed E-state index contributed by atoms with van der Waals surface area (Å²) in [5.74, 6) is -0.499. The highest BCUT2D eigenvalue weighted by Gasteiger charge is 2.76. The summed E-state index contributed by atoms with van der Waals surface area (Å²) >= 11 is 0. The number of aromatic nitrogens is 1. The van der Waals surface area contributed by atoms with Crippen LogP contribution >= 0.6 is 0 Å². The smallest absolute Gasteiger partial charge is 0.351 e. The Bertz CT molecular complexity index is 1120. The molecule has 2 aromatic rings. The van der Waals surface area contributed by atoms with Gasteiger partial charge >= 0.3 is 11.9 Å². The van der Waals surface area contributed by atoms with Crippen LogP contribution in [0.5, 0.6) is 5.75 Å². The average molecular weight is 425 g/mol. The molecule has 164 valence electrons. The Morgan fingerprint density at radius 2 is 1.87 bits per heavy atom. The van der Waals surface area contributed by atoms with Crippen molar-refractivity contribution in [1.29, 1.82) is 0 Å². The lowest BCUT2D eigenvalue weighted by Crippen LogP contribution is -2.56. The van der Waals surface area contributed by atoms with Crippen LogP contribution in [0.4, 0.5) is 0 Å². The zero-order valence-electron chi connectivity index (χ0n) is 18.4. The first-order chi connectivity index (χ1) is 14.4. The molecule has 4 unspecified atom stereocenters. The van der Waals surface area contributed by atoms with E-state index >= 15 is 0 Å². The SMILES string of the molecule is CC1(C)Oc2ccc3cccnc3c2C(O)C1OC(=O)C12CCC(C)(C(=O)O1)C2(C)C. The van der Waals surface area contributed by atoms with E-state index in [0.29, 0.717) is 29.7 Å². The molecule has 3 aliphatic rings. The molecule has 3 heterocycles. The lowest BCUT2D eigenvalue weighted by Gasteiger charge is -2.44. The molecule has 4 atom stereocenters. The first kappa shape index (κ1) is 20.2. The molecule has 0 radical (unpaired) electrons. The molecular weight excluding hydrogens is 398 g/mol. The molecule has 1 aromatic carbocycles. The number of benzene rings is 1. The van der Waals surface area contributed by atoms with Gasteiger partial charge in [0, 0.05) is 17.0 Å². The summed E-state index contributed by atoms with van der Waals surface area (Å²) in [4.78, 5) is 30.5. The van der Waals surface area contributed by atoms with E-state index in [-0.39, 0.29) is 5.97 Å². The summed E-state index contributed by atoms with van der Waals surface area (Å²) in [5, 5.41) is 12.2. The number of esters is 2. The number of pyridine rings is 1. The zero-order valence-corrected chi connectivity index (χ0v) is 18.4. The van der Waals surface area contributed by atoms with E-state index < -0.39 is 40.2 Å². The van der Waals surface area contributed by atoms with Crippen molar-refractivity contribution in [2.75, 3.05) is 0 Å². The van der Waals surface area contributed by atoms with E-state index in [9.17, 15) is 14.7 Å². The number of aliphatic hydroxyl groups excluding tert-OH is 1. The molecule has 2 bridgehead atoms. The molecule has 1 N–H and O–H groups in total. The highest BCUT2D eigenvalue weighted by molar-refractivity contribution is 5.94. The van der Waals surface area contributed by atoms with Gasteiger partial charge in [-0.05, 0) is 51.8 Å². The number of aliphatic hydroxyl groups is 1. The number of nitrogens with zero attached hydrogens (tertiary/aromatic N) is 1. The van der Waals surface area contributed by atoms with Crippen LogP contribution in [0.1, 0.15) is 59.1 Å². The van der Waals surface area contributed by atoms with Gasteiger partial charge in [0.05, 0.1) is 16.5 Å². The number of carbonyl (C=O) groups is 2. The lowest BCUT2D eigenvalue weighted by molar-refractivity contribution is -0.205. The fraction of sp³-hybridized carbons (Fsp3) is 0.542. The number of hydrogen-bond donors (Lipinski definition) is 1. The number of rotatable bonds is 2. The molecule has 7 heteroatoms. The molecule has 31 heavy (non-hydrogen) atoms. The molecule has 2 aliphatic heterocycles. The molecule has 0 amide bonds. The molecule has 2 fully saturated rings. The van der Waals surface area contributed by atoms with Gasteiger partial charge in [-0.25, -0.2) is 4.79 Å². The maximum absolute atomic E-state index is 13.5. The van der Waals surface area contributed by atoms with Crippen LogP contribution in [0.2, 0.25) is 0 Å². The average Bonchev–Trinajstić information content (AvgIpc) is 3.00. The summed E-state index contributed by atoms with van der Waals surface area (Å²) < 4.78 is 17.8. The number of hydrogen-bond acceptors (Lipinski definition) is 7. The van der Waals surface area contributed by atoms with Gasteiger partial charge in [0.25, 0.3) is 0 Å². The van der Waals surface area contributed by atoms with Crippen molar-refractivity contribution < 1.29 is 28.9 Å². The maximum Gasteiger partial charge on any atom is 0.351 e. The van der Waals surface area contributed by atoms with Gasteiger partial charge in [0.15, 0.2) is 6.10 Å². The number of carbonyl (C=O) groups excluding carboxylic acids is 2. The van der Waals surface area contributed by atoms with E-state index in [2.05, 4.69) is 4.98 Å². The molecular formula is C24H27NO6. The number of ether oxygens (including phenoxy) is 3. The summed E-state index contributed by atoms with van der Waals surface area (Å²) in [6.45, 7) is 9.12. The minimum Gasteiger partial charge on any atom is -0.483 e. The van der Waals surface area contributed by atoms with Crippen LogP contribution in [-0.4, -0.2) is 39.3 Å². The molecule has 7 nitrogen and oxygen atoms in total. The first-order valence-electron chi connectivity index (χ1n) is 10.6. The third-order valence-electron chi connectivity index (χ3n) is 8.06. The Hall–Kier alpha value is -2.67. The third kappa shape index (κ3) is 2.35. The van der Waals surface area contributed by atoms with Crippen LogP contribution in [-0.2, 0) is 19.1 Å². The van der Waals surface area contributed by atoms with Crippen LogP contribution in [0.3, 0.4) is 0 Å². The van der Waals surface area contributed by atoms with Gasteiger partial charge in [-0.3, -0.25) is 9.78 Å². The Labute approximate surface area is 180 Å². The Balaban J connectivity index is 1.54. The minimum atomic E-state index is -1.37. The third-order valence-corrected chi connectivity index (χ3v) is 8.06. The molecule has 1 aliphatic carbocycles. The Morgan fingerprint density at radius 1 is 1.13 bits per heavy atom. The van der Waals surface area contributed by atoms with Gasteiger partial charge in [0.1, 0.15) is 17.5 Å². The monoisotopic (exact) mass is 425 g/mol. The zero-order chi connectivity index (χ0) is 22.4. The van der Waals surface area contributed by atoms with E-state index in [0.717, 1.165) is 5.39 Å². The van der Waals surface area contributed by atoms with Gasteiger partial charge < -0.3 is 19.3 Å². The molecule has 1 saturated heterocycles. The normalized spacial score (nSPS) is 34.7. The van der Waals surface area contributed by atoms with Gasteiger partial charge in [-0.1, -0.05) is 19.9 Å². The van der Waals surface area contributed by atoms with Crippen LogP contribution in [0.15, 0.2) is 30.5 Å². The highest BCUT2D eigenvalue weighted by Crippen LogP contribution is 2.66. The van der Waals surface area contributed by atoms with Gasteiger partial charge in [0.2, 0.25) is 5.60 Å². The van der Waals surface area contributed by atoms with Crippen molar-refractivity contribution >= 4 is 22.8 Å². The molecule has 0 spiro atoms. The van der Waals surface area contributed by atoms with Crippen molar-refractivity contribution in [3.63, 3.8) is 0 Å². The predicted octanol–water partition coefficient (Wildman–Crippen LogP) is 3.47. The summed E-state index contributed by atoms with van der Waals surface area (Å²) in [6, 6.07) is 7.40. The maximum atomic E-state index is 13.5. The van der Waals surface area contributed by atoms with Crippen LogP contribution in [0, 0.1) is 10.8 Å². The lowest BCUT2D eigenvalue weighted by atomic mass is 9.66. The first-order valence-corrected chi connectivity index (χ1v) is 10.6. The molecule has 5 rings (SSSR count). The van der Waals surface area contributed by atoms with E-state index in [1.54, 1.807) is 26.1 Å². The Morgan fingerprint density at radius 3 is 2.52 bits per heavy atom. The van der Waals surface area contributed by atoms with Crippen LogP contribution in [0.25, 0.3) is 10.9 Å². The van der Waals surface area contributed by atoms with E-state index in [1.165, 1.54) is 0 Å². The fourth-order valence-corrected chi connectivity index (χ4v) is 5.52. The van der Waals surface area contributed by atoms with E-state index in [1.807, 2.05) is 39.0 Å². The predicted molar refractivity (Wildman–Crippen MR) is 111 cm³/mol. The summed E-state index contributed by atoms with van der Waals surface area (Å²) in [5.41, 5.74) is -2.75. The number of fused-ring (bicyclic) bond motifs is 5.